The number of aliphatic hydroxyl groups is 2. The van der Waals surface area contributed by atoms with Crippen LogP contribution in [0.25, 0.3) is 0 Å². The molecule has 0 spiro atoms. The van der Waals surface area contributed by atoms with E-state index in [-0.39, 0.29) is 5.82 Å². The zero-order chi connectivity index (χ0) is 13.9. The van der Waals surface area contributed by atoms with Crippen LogP contribution in [-0.2, 0) is 0 Å². The van der Waals surface area contributed by atoms with Crippen molar-refractivity contribution in [1.82, 2.24) is 0 Å². The molecule has 1 aromatic carbocycles. The second-order valence-electron chi connectivity index (χ2n) is 5.18. The fraction of sp³-hybridized carbons (Fsp3) is 0.571. The summed E-state index contributed by atoms with van der Waals surface area (Å²) in [5, 5.41) is 19.6. The molecule has 3 nitrogen and oxygen atoms in total. The molecule has 0 aliphatic heterocycles. The summed E-state index contributed by atoms with van der Waals surface area (Å²) in [5.41, 5.74) is -0.00734. The lowest BCUT2D eigenvalue weighted by Crippen LogP contribution is -2.39. The first-order chi connectivity index (χ1) is 8.26. The number of aliphatic hydroxyl groups excluding tert-OH is 1. The summed E-state index contributed by atoms with van der Waals surface area (Å²) in [5.74, 6) is -0.375. The molecular weight excluding hydrogens is 233 g/mol. The van der Waals surface area contributed by atoms with E-state index in [4.69, 9.17) is 0 Å². The average molecular weight is 255 g/mol. The van der Waals surface area contributed by atoms with E-state index in [9.17, 15) is 14.6 Å². The number of hydrogen-bond donors (Lipinski definition) is 2. The van der Waals surface area contributed by atoms with E-state index < -0.39 is 11.7 Å². The minimum absolute atomic E-state index is 0.310. The molecule has 0 radical (unpaired) electrons. The summed E-state index contributed by atoms with van der Waals surface area (Å²) in [6, 6.07) is 4.66. The molecule has 1 aromatic rings. The molecule has 0 saturated heterocycles. The maximum atomic E-state index is 14.0. The van der Waals surface area contributed by atoms with Crippen LogP contribution in [0.4, 0.5) is 10.1 Å². The highest BCUT2D eigenvalue weighted by Gasteiger charge is 2.23. The van der Waals surface area contributed by atoms with Crippen molar-refractivity contribution >= 4 is 5.69 Å². The van der Waals surface area contributed by atoms with Gasteiger partial charge in [-0.05, 0) is 33.8 Å². The van der Waals surface area contributed by atoms with Gasteiger partial charge in [0.25, 0.3) is 0 Å². The van der Waals surface area contributed by atoms with Gasteiger partial charge in [0, 0.05) is 18.7 Å². The van der Waals surface area contributed by atoms with Crippen molar-refractivity contribution in [3.8, 4) is 0 Å². The summed E-state index contributed by atoms with van der Waals surface area (Å²) in [7, 11) is 0. The molecule has 0 fully saturated rings. The second kappa shape index (κ2) is 5.67. The Labute approximate surface area is 108 Å². The van der Waals surface area contributed by atoms with Gasteiger partial charge in [-0.15, -0.1) is 0 Å². The Hall–Kier alpha value is -1.13. The third-order valence-electron chi connectivity index (χ3n) is 2.74. The normalized spacial score (nSPS) is 13.5. The van der Waals surface area contributed by atoms with E-state index in [0.717, 1.165) is 0 Å². The third-order valence-corrected chi connectivity index (χ3v) is 2.74. The standard InChI is InChI=1S/C14H22FNO2/c1-5-16(9-14(3,4)18)13-11(10(2)17)7-6-8-12(13)15/h6-8,10,17-18H,5,9H2,1-4H3. The Morgan fingerprint density at radius 2 is 2.00 bits per heavy atom. The molecule has 0 bridgehead atoms. The minimum atomic E-state index is -0.922. The molecule has 18 heavy (non-hydrogen) atoms. The molecule has 102 valence electrons. The van der Waals surface area contributed by atoms with Gasteiger partial charge in [-0.1, -0.05) is 12.1 Å². The molecule has 1 atom stereocenters. The Morgan fingerprint density at radius 1 is 1.39 bits per heavy atom. The monoisotopic (exact) mass is 255 g/mol. The number of benzene rings is 1. The molecule has 0 aliphatic rings. The number of rotatable bonds is 5. The fourth-order valence-electron chi connectivity index (χ4n) is 2.02. The van der Waals surface area contributed by atoms with Crippen LogP contribution in [0, 0.1) is 5.82 Å². The molecule has 0 amide bonds. The van der Waals surface area contributed by atoms with Crippen LogP contribution < -0.4 is 4.90 Å². The number of nitrogens with zero attached hydrogens (tertiary/aromatic N) is 1. The van der Waals surface area contributed by atoms with Crippen molar-refractivity contribution in [3.05, 3.63) is 29.6 Å². The van der Waals surface area contributed by atoms with Crippen molar-refractivity contribution in [2.75, 3.05) is 18.0 Å². The van der Waals surface area contributed by atoms with E-state index in [0.29, 0.717) is 24.3 Å². The summed E-state index contributed by atoms with van der Waals surface area (Å²) in [6.07, 6.45) is -0.744. The van der Waals surface area contributed by atoms with Crippen molar-refractivity contribution < 1.29 is 14.6 Å². The van der Waals surface area contributed by atoms with Gasteiger partial charge in [0.1, 0.15) is 5.82 Å². The van der Waals surface area contributed by atoms with Gasteiger partial charge in [-0.3, -0.25) is 0 Å². The van der Waals surface area contributed by atoms with Crippen molar-refractivity contribution in [2.24, 2.45) is 0 Å². The van der Waals surface area contributed by atoms with Gasteiger partial charge >= 0.3 is 0 Å². The molecule has 0 aromatic heterocycles. The van der Waals surface area contributed by atoms with Gasteiger partial charge in [0.2, 0.25) is 0 Å². The van der Waals surface area contributed by atoms with Crippen LogP contribution in [0.2, 0.25) is 0 Å². The van der Waals surface area contributed by atoms with E-state index in [2.05, 4.69) is 0 Å². The van der Waals surface area contributed by atoms with Crippen molar-refractivity contribution in [2.45, 2.75) is 39.4 Å². The first-order valence-corrected chi connectivity index (χ1v) is 6.20. The highest BCUT2D eigenvalue weighted by molar-refractivity contribution is 5.56. The van der Waals surface area contributed by atoms with E-state index in [1.807, 2.05) is 6.92 Å². The van der Waals surface area contributed by atoms with Gasteiger partial charge in [-0.2, -0.15) is 0 Å². The maximum Gasteiger partial charge on any atom is 0.146 e. The minimum Gasteiger partial charge on any atom is -0.389 e. The van der Waals surface area contributed by atoms with Gasteiger partial charge < -0.3 is 15.1 Å². The zero-order valence-electron chi connectivity index (χ0n) is 11.4. The molecule has 1 rings (SSSR count). The van der Waals surface area contributed by atoms with Crippen LogP contribution in [0.3, 0.4) is 0 Å². The Balaban J connectivity index is 3.19. The lowest BCUT2D eigenvalue weighted by atomic mass is 10.0. The Kier molecular flexibility index (Phi) is 4.71. The molecule has 0 aliphatic carbocycles. The van der Waals surface area contributed by atoms with E-state index >= 15 is 0 Å². The van der Waals surface area contributed by atoms with Crippen LogP contribution >= 0.6 is 0 Å². The number of halogens is 1. The molecule has 0 saturated carbocycles. The zero-order valence-corrected chi connectivity index (χ0v) is 11.4. The van der Waals surface area contributed by atoms with Crippen LogP contribution in [0.15, 0.2) is 18.2 Å². The first-order valence-electron chi connectivity index (χ1n) is 6.20. The second-order valence-corrected chi connectivity index (χ2v) is 5.18. The van der Waals surface area contributed by atoms with Crippen LogP contribution in [0.1, 0.15) is 39.4 Å². The summed E-state index contributed by atoms with van der Waals surface area (Å²) in [6.45, 7) is 7.73. The first kappa shape index (κ1) is 14.9. The Bertz CT molecular complexity index is 399. The highest BCUT2D eigenvalue weighted by Crippen LogP contribution is 2.30. The predicted octanol–water partition coefficient (Wildman–Crippen LogP) is 2.48. The number of anilines is 1. The number of para-hydroxylation sites is 1. The topological polar surface area (TPSA) is 43.7 Å². The van der Waals surface area contributed by atoms with Gasteiger partial charge in [0.05, 0.1) is 17.4 Å². The van der Waals surface area contributed by atoms with Crippen molar-refractivity contribution in [1.29, 1.82) is 0 Å². The third kappa shape index (κ3) is 3.68. The molecular formula is C14H22FNO2. The number of likely N-dealkylation sites (N-methyl/N-ethyl adjacent to an activating group) is 1. The summed E-state index contributed by atoms with van der Waals surface area (Å²) < 4.78 is 14.0. The largest absolute Gasteiger partial charge is 0.389 e. The van der Waals surface area contributed by atoms with Crippen LogP contribution in [-0.4, -0.2) is 28.9 Å². The fourth-order valence-corrected chi connectivity index (χ4v) is 2.02. The molecule has 4 heteroatoms. The lowest BCUT2D eigenvalue weighted by Gasteiger charge is -2.32. The van der Waals surface area contributed by atoms with Gasteiger partial charge in [-0.25, -0.2) is 4.39 Å². The lowest BCUT2D eigenvalue weighted by molar-refractivity contribution is 0.0872. The summed E-state index contributed by atoms with van der Waals surface area (Å²) >= 11 is 0. The smallest absolute Gasteiger partial charge is 0.146 e. The van der Waals surface area contributed by atoms with Crippen molar-refractivity contribution in [3.63, 3.8) is 0 Å². The van der Waals surface area contributed by atoms with Crippen LogP contribution in [0.5, 0.6) is 0 Å². The molecule has 1 unspecified atom stereocenters. The van der Waals surface area contributed by atoms with E-state index in [1.54, 1.807) is 37.8 Å². The summed E-state index contributed by atoms with van der Waals surface area (Å²) in [4.78, 5) is 1.75. The highest BCUT2D eigenvalue weighted by atomic mass is 19.1. The predicted molar refractivity (Wildman–Crippen MR) is 71.2 cm³/mol. The quantitative estimate of drug-likeness (QED) is 0.849. The average Bonchev–Trinajstić information content (AvgIpc) is 2.24. The molecule has 0 heterocycles. The molecule has 2 N–H and O–H groups in total. The SMILES string of the molecule is CCN(CC(C)(C)O)c1c(F)cccc1C(C)O. The Morgan fingerprint density at radius 3 is 2.44 bits per heavy atom. The van der Waals surface area contributed by atoms with Gasteiger partial charge in [0.15, 0.2) is 0 Å². The van der Waals surface area contributed by atoms with E-state index in [1.165, 1.54) is 6.07 Å². The maximum absolute atomic E-state index is 14.0. The number of hydrogen-bond acceptors (Lipinski definition) is 3.